The fourth-order valence-corrected chi connectivity index (χ4v) is 6.89. The van der Waals surface area contributed by atoms with E-state index in [1.54, 1.807) is 0 Å². The SMILES string of the molecule is CCCCCCCc1ccccc1P(=O)(Cl)c1ccccc1CCCCCCC. The summed E-state index contributed by atoms with van der Waals surface area (Å²) in [5, 5.41) is 1.69. The van der Waals surface area contributed by atoms with Gasteiger partial charge in [0, 0.05) is 10.6 Å². The second-order valence-electron chi connectivity index (χ2n) is 8.12. The molecule has 0 saturated heterocycles. The van der Waals surface area contributed by atoms with Crippen molar-refractivity contribution >= 4 is 28.3 Å². The highest BCUT2D eigenvalue weighted by molar-refractivity contribution is 8.00. The molecule has 0 aromatic heterocycles. The summed E-state index contributed by atoms with van der Waals surface area (Å²) in [6.45, 7) is 1.35. The minimum atomic E-state index is -3.12. The largest absolute Gasteiger partial charge is 0.296 e. The standard InChI is InChI=1S/C26H38ClOP/c1-3-5-7-9-11-17-23-19-13-15-21-25(23)29(27,28)26-22-16-14-20-24(26)18-12-10-8-6-4-2/h13-16,19-22H,3-12,17-18H2,1-2H3. The fraction of sp³-hybridized carbons (Fsp3) is 0.538. The molecule has 0 spiro atoms. The second kappa shape index (κ2) is 13.3. The van der Waals surface area contributed by atoms with Crippen molar-refractivity contribution in [2.24, 2.45) is 0 Å². The highest BCUT2D eigenvalue weighted by atomic mass is 35.7. The molecule has 1 nitrogen and oxygen atoms in total. The molecule has 0 bridgehead atoms. The topological polar surface area (TPSA) is 17.1 Å². The molecule has 0 unspecified atom stereocenters. The fourth-order valence-electron chi connectivity index (χ4n) is 3.97. The highest BCUT2D eigenvalue weighted by Crippen LogP contribution is 2.50. The molecule has 0 saturated carbocycles. The molecule has 160 valence electrons. The van der Waals surface area contributed by atoms with Gasteiger partial charge in [0.25, 0.3) is 0 Å². The van der Waals surface area contributed by atoms with Crippen LogP contribution in [0.4, 0.5) is 0 Å². The maximum Gasteiger partial charge on any atom is 0.226 e. The van der Waals surface area contributed by atoms with Crippen LogP contribution in [-0.4, -0.2) is 0 Å². The number of rotatable bonds is 14. The molecule has 0 fully saturated rings. The van der Waals surface area contributed by atoms with Crippen molar-refractivity contribution in [1.29, 1.82) is 0 Å². The Morgan fingerprint density at radius 3 is 1.41 bits per heavy atom. The predicted octanol–water partition coefficient (Wildman–Crippen LogP) is 8.18. The second-order valence-corrected chi connectivity index (χ2v) is 11.6. The van der Waals surface area contributed by atoms with Crippen LogP contribution in [0.2, 0.25) is 0 Å². The number of benzene rings is 2. The quantitative estimate of drug-likeness (QED) is 0.217. The van der Waals surface area contributed by atoms with E-state index in [2.05, 4.69) is 26.0 Å². The molecule has 0 amide bonds. The lowest BCUT2D eigenvalue weighted by atomic mass is 10.1. The van der Waals surface area contributed by atoms with E-state index in [0.29, 0.717) is 0 Å². The van der Waals surface area contributed by atoms with E-state index in [1.807, 2.05) is 36.4 Å². The van der Waals surface area contributed by atoms with E-state index in [1.165, 1.54) is 51.4 Å². The van der Waals surface area contributed by atoms with Gasteiger partial charge in [-0.1, -0.05) is 102 Å². The Bertz CT molecular complexity index is 709. The van der Waals surface area contributed by atoms with Gasteiger partial charge in [-0.05, 0) is 60.2 Å². The Hall–Kier alpha value is -1.04. The molecule has 0 atom stereocenters. The molecular weight excluding hydrogens is 395 g/mol. The van der Waals surface area contributed by atoms with Crippen LogP contribution in [0.15, 0.2) is 48.5 Å². The summed E-state index contributed by atoms with van der Waals surface area (Å²) < 4.78 is 13.9. The zero-order valence-electron chi connectivity index (χ0n) is 18.3. The van der Waals surface area contributed by atoms with Crippen LogP contribution >= 0.6 is 17.7 Å². The minimum Gasteiger partial charge on any atom is -0.296 e. The van der Waals surface area contributed by atoms with Crippen molar-refractivity contribution in [3.63, 3.8) is 0 Å². The Kier molecular flexibility index (Phi) is 11.1. The summed E-state index contributed by atoms with van der Waals surface area (Å²) >= 11 is 6.88. The molecule has 2 aromatic carbocycles. The van der Waals surface area contributed by atoms with Crippen LogP contribution in [0.25, 0.3) is 0 Å². The molecule has 2 rings (SSSR count). The van der Waals surface area contributed by atoms with Gasteiger partial charge in [-0.3, -0.25) is 4.57 Å². The lowest BCUT2D eigenvalue weighted by Crippen LogP contribution is -2.19. The Morgan fingerprint density at radius 1 is 0.621 bits per heavy atom. The normalized spacial score (nSPS) is 11.7. The third kappa shape index (κ3) is 7.62. The summed E-state index contributed by atoms with van der Waals surface area (Å²) in [6, 6.07) is 16.2. The molecule has 2 aromatic rings. The Labute approximate surface area is 183 Å². The summed E-state index contributed by atoms with van der Waals surface area (Å²) in [5.74, 6) is 0. The smallest absolute Gasteiger partial charge is 0.226 e. The average molecular weight is 433 g/mol. The average Bonchev–Trinajstić information content (AvgIpc) is 2.74. The van der Waals surface area contributed by atoms with Gasteiger partial charge in [0.05, 0.1) is 0 Å². The predicted molar refractivity (Wildman–Crippen MR) is 131 cm³/mol. The van der Waals surface area contributed by atoms with Crippen molar-refractivity contribution in [3.8, 4) is 0 Å². The maximum atomic E-state index is 13.9. The first-order valence-corrected chi connectivity index (χ1v) is 14.2. The van der Waals surface area contributed by atoms with Crippen molar-refractivity contribution < 1.29 is 4.57 Å². The molecule has 0 radical (unpaired) electrons. The van der Waals surface area contributed by atoms with Gasteiger partial charge < -0.3 is 0 Å². The molecule has 0 heterocycles. The first-order chi connectivity index (χ1) is 14.1. The molecule has 29 heavy (non-hydrogen) atoms. The Morgan fingerprint density at radius 2 is 1.00 bits per heavy atom. The van der Waals surface area contributed by atoms with Crippen molar-refractivity contribution in [3.05, 3.63) is 59.7 Å². The lowest BCUT2D eigenvalue weighted by molar-refractivity contribution is 0.594. The Balaban J connectivity index is 2.15. The third-order valence-electron chi connectivity index (χ3n) is 5.70. The number of halogens is 1. The first kappa shape index (κ1) is 24.2. The van der Waals surface area contributed by atoms with E-state index >= 15 is 0 Å². The van der Waals surface area contributed by atoms with Gasteiger partial charge in [0.15, 0.2) is 0 Å². The summed E-state index contributed by atoms with van der Waals surface area (Å²) in [5.41, 5.74) is 2.31. The maximum absolute atomic E-state index is 13.9. The molecule has 0 N–H and O–H groups in total. The van der Waals surface area contributed by atoms with Crippen molar-refractivity contribution in [2.75, 3.05) is 0 Å². The van der Waals surface area contributed by atoms with Crippen LogP contribution < -0.4 is 10.6 Å². The van der Waals surface area contributed by atoms with E-state index in [4.69, 9.17) is 11.2 Å². The van der Waals surface area contributed by atoms with Gasteiger partial charge >= 0.3 is 0 Å². The van der Waals surface area contributed by atoms with Crippen LogP contribution in [0.5, 0.6) is 0 Å². The van der Waals surface area contributed by atoms with E-state index in [0.717, 1.165) is 47.4 Å². The van der Waals surface area contributed by atoms with Gasteiger partial charge in [0.2, 0.25) is 6.49 Å². The van der Waals surface area contributed by atoms with Crippen LogP contribution in [0.1, 0.15) is 89.2 Å². The third-order valence-corrected chi connectivity index (χ3v) is 8.91. The summed E-state index contributed by atoms with van der Waals surface area (Å²) in [7, 11) is 0. The monoisotopic (exact) mass is 432 g/mol. The zero-order chi connectivity index (χ0) is 21.0. The molecule has 0 aliphatic rings. The molecular formula is C26H38ClOP. The van der Waals surface area contributed by atoms with Gasteiger partial charge in [-0.15, -0.1) is 0 Å². The first-order valence-electron chi connectivity index (χ1n) is 11.6. The number of aryl methyl sites for hydroxylation is 2. The van der Waals surface area contributed by atoms with E-state index in [9.17, 15) is 4.57 Å². The zero-order valence-corrected chi connectivity index (χ0v) is 20.0. The lowest BCUT2D eigenvalue weighted by Gasteiger charge is -2.19. The van der Waals surface area contributed by atoms with Crippen LogP contribution in [0.3, 0.4) is 0 Å². The number of unbranched alkanes of at least 4 members (excludes halogenated alkanes) is 8. The number of hydrogen-bond acceptors (Lipinski definition) is 1. The summed E-state index contributed by atoms with van der Waals surface area (Å²) in [6.07, 6.45) is 14.3. The van der Waals surface area contributed by atoms with Gasteiger partial charge in [-0.25, -0.2) is 0 Å². The van der Waals surface area contributed by atoms with Crippen LogP contribution in [0, 0.1) is 0 Å². The molecule has 0 aliphatic carbocycles. The van der Waals surface area contributed by atoms with Gasteiger partial charge in [0.1, 0.15) is 0 Å². The highest BCUT2D eigenvalue weighted by Gasteiger charge is 2.28. The van der Waals surface area contributed by atoms with Crippen molar-refractivity contribution in [2.45, 2.75) is 90.9 Å². The molecule has 0 aliphatic heterocycles. The number of hydrogen-bond donors (Lipinski definition) is 0. The van der Waals surface area contributed by atoms with E-state index in [-0.39, 0.29) is 0 Å². The van der Waals surface area contributed by atoms with Crippen LogP contribution in [-0.2, 0) is 17.4 Å². The van der Waals surface area contributed by atoms with E-state index < -0.39 is 6.49 Å². The molecule has 3 heteroatoms. The minimum absolute atomic E-state index is 0.843. The van der Waals surface area contributed by atoms with Gasteiger partial charge in [-0.2, -0.15) is 0 Å². The van der Waals surface area contributed by atoms with Crippen molar-refractivity contribution in [1.82, 2.24) is 0 Å². The summed E-state index contributed by atoms with van der Waals surface area (Å²) in [4.78, 5) is 0.